The molecule has 23 heavy (non-hydrogen) atoms. The highest BCUT2D eigenvalue weighted by molar-refractivity contribution is 6.30. The van der Waals surface area contributed by atoms with Crippen molar-refractivity contribution >= 4 is 29.9 Å². The molecule has 1 aromatic carbocycles. The molecule has 126 valence electrons. The fraction of sp³-hybridized carbons (Fsp3) is 0.353. The van der Waals surface area contributed by atoms with E-state index in [2.05, 4.69) is 10.6 Å². The van der Waals surface area contributed by atoms with Crippen LogP contribution in [-0.2, 0) is 0 Å². The van der Waals surface area contributed by atoms with Gasteiger partial charge in [-0.25, -0.2) is 0 Å². The molecule has 6 heteroatoms. The van der Waals surface area contributed by atoms with Gasteiger partial charge < -0.3 is 15.2 Å². The van der Waals surface area contributed by atoms with Gasteiger partial charge in [-0.3, -0.25) is 4.79 Å². The van der Waals surface area contributed by atoms with Crippen molar-refractivity contribution in [3.05, 3.63) is 52.3 Å². The number of aromatic nitrogens is 1. The number of halogens is 2. The molecule has 1 amide bonds. The van der Waals surface area contributed by atoms with Gasteiger partial charge in [0.1, 0.15) is 0 Å². The van der Waals surface area contributed by atoms with Crippen LogP contribution in [0, 0.1) is 13.8 Å². The van der Waals surface area contributed by atoms with Crippen LogP contribution in [0.4, 0.5) is 0 Å². The molecule has 0 radical (unpaired) electrons. The van der Waals surface area contributed by atoms with Crippen LogP contribution in [0.15, 0.2) is 30.3 Å². The Balaban J connectivity index is 0.00000264. The summed E-state index contributed by atoms with van der Waals surface area (Å²) < 4.78 is 2.05. The van der Waals surface area contributed by atoms with Gasteiger partial charge in [0.25, 0.3) is 5.91 Å². The molecule has 2 aromatic rings. The lowest BCUT2D eigenvalue weighted by molar-refractivity contribution is 0.0952. The van der Waals surface area contributed by atoms with Crippen molar-refractivity contribution in [3.8, 4) is 5.69 Å². The maximum atomic E-state index is 12.3. The molecular weight excluding hydrogens is 333 g/mol. The number of carbonyl (C=O) groups excluding carboxylic acids is 1. The first-order valence-corrected chi connectivity index (χ1v) is 7.80. The number of hydrogen-bond acceptors (Lipinski definition) is 2. The Morgan fingerprint density at radius 3 is 2.61 bits per heavy atom. The average molecular weight is 356 g/mol. The van der Waals surface area contributed by atoms with Gasteiger partial charge in [0.05, 0.1) is 5.56 Å². The van der Waals surface area contributed by atoms with Gasteiger partial charge in [-0.1, -0.05) is 17.7 Å². The third-order valence-corrected chi connectivity index (χ3v) is 3.87. The number of nitrogens with one attached hydrogen (secondary N) is 2. The van der Waals surface area contributed by atoms with E-state index in [1.165, 1.54) is 0 Å². The lowest BCUT2D eigenvalue weighted by Gasteiger charge is -2.10. The molecule has 0 atom stereocenters. The number of rotatable bonds is 6. The summed E-state index contributed by atoms with van der Waals surface area (Å²) in [7, 11) is 1.90. The molecule has 4 nitrogen and oxygen atoms in total. The van der Waals surface area contributed by atoms with E-state index in [0.29, 0.717) is 17.1 Å². The first kappa shape index (κ1) is 19.6. The van der Waals surface area contributed by atoms with Gasteiger partial charge in [-0.15, -0.1) is 12.4 Å². The second-order valence-electron chi connectivity index (χ2n) is 5.31. The van der Waals surface area contributed by atoms with E-state index in [4.69, 9.17) is 11.6 Å². The molecule has 0 bridgehead atoms. The van der Waals surface area contributed by atoms with Crippen LogP contribution >= 0.6 is 24.0 Å². The van der Waals surface area contributed by atoms with Crippen LogP contribution in [0.3, 0.4) is 0 Å². The number of carbonyl (C=O) groups is 1. The van der Waals surface area contributed by atoms with Gasteiger partial charge in [0.15, 0.2) is 0 Å². The summed E-state index contributed by atoms with van der Waals surface area (Å²) >= 11 is 6.07. The van der Waals surface area contributed by atoms with Crippen LogP contribution < -0.4 is 10.6 Å². The van der Waals surface area contributed by atoms with Crippen LogP contribution in [0.1, 0.15) is 28.2 Å². The van der Waals surface area contributed by atoms with Crippen molar-refractivity contribution in [2.45, 2.75) is 20.3 Å². The minimum atomic E-state index is -0.0301. The van der Waals surface area contributed by atoms with E-state index in [9.17, 15) is 4.79 Å². The molecule has 0 aliphatic carbocycles. The summed E-state index contributed by atoms with van der Waals surface area (Å²) in [5.74, 6) is -0.0301. The Hall–Kier alpha value is -1.49. The average Bonchev–Trinajstić information content (AvgIpc) is 2.78. The number of aryl methyl sites for hydroxylation is 1. The monoisotopic (exact) mass is 355 g/mol. The fourth-order valence-electron chi connectivity index (χ4n) is 2.57. The van der Waals surface area contributed by atoms with Crippen LogP contribution in [-0.4, -0.2) is 30.6 Å². The van der Waals surface area contributed by atoms with Gasteiger partial charge in [-0.2, -0.15) is 0 Å². The molecule has 2 N–H and O–H groups in total. The lowest BCUT2D eigenvalue weighted by Crippen LogP contribution is -2.26. The molecule has 2 rings (SSSR count). The topological polar surface area (TPSA) is 46.1 Å². The minimum absolute atomic E-state index is 0. The highest BCUT2D eigenvalue weighted by Gasteiger charge is 2.16. The zero-order valence-corrected chi connectivity index (χ0v) is 15.2. The zero-order chi connectivity index (χ0) is 16.1. The first-order chi connectivity index (χ1) is 10.5. The largest absolute Gasteiger partial charge is 0.352 e. The summed E-state index contributed by atoms with van der Waals surface area (Å²) in [6, 6.07) is 9.56. The van der Waals surface area contributed by atoms with Crippen LogP contribution in [0.2, 0.25) is 5.02 Å². The standard InChI is InChI=1S/C17H22ClN3O.ClH/c1-12-10-16(17(22)20-9-5-8-19-3)13(2)21(12)15-7-4-6-14(18)11-15;/h4,6-7,10-11,19H,5,8-9H2,1-3H3,(H,20,22);1H. The number of amides is 1. The van der Waals surface area contributed by atoms with Crippen molar-refractivity contribution in [1.29, 1.82) is 0 Å². The number of nitrogens with zero attached hydrogens (tertiary/aromatic N) is 1. The molecule has 1 aromatic heterocycles. The quantitative estimate of drug-likeness (QED) is 0.778. The number of benzene rings is 1. The second-order valence-corrected chi connectivity index (χ2v) is 5.75. The summed E-state index contributed by atoms with van der Waals surface area (Å²) in [6.45, 7) is 5.50. The molecule has 0 unspecified atom stereocenters. The maximum absolute atomic E-state index is 12.3. The van der Waals surface area contributed by atoms with E-state index in [0.717, 1.165) is 30.0 Å². The minimum Gasteiger partial charge on any atom is -0.352 e. The normalized spacial score (nSPS) is 10.3. The Labute approximate surface area is 148 Å². The molecule has 0 spiro atoms. The van der Waals surface area contributed by atoms with Gasteiger partial charge in [0.2, 0.25) is 0 Å². The van der Waals surface area contributed by atoms with Crippen molar-refractivity contribution in [2.75, 3.05) is 20.1 Å². The van der Waals surface area contributed by atoms with Crippen molar-refractivity contribution in [2.24, 2.45) is 0 Å². The van der Waals surface area contributed by atoms with Gasteiger partial charge in [-0.05, 0) is 58.1 Å². The maximum Gasteiger partial charge on any atom is 0.253 e. The second kappa shape index (κ2) is 8.96. The predicted octanol–water partition coefficient (Wildman–Crippen LogP) is 3.51. The van der Waals surface area contributed by atoms with Gasteiger partial charge >= 0.3 is 0 Å². The Kier molecular flexibility index (Phi) is 7.62. The van der Waals surface area contributed by atoms with Crippen LogP contribution in [0.25, 0.3) is 5.69 Å². The molecule has 0 aliphatic rings. The molecule has 1 heterocycles. The van der Waals surface area contributed by atoms with Crippen molar-refractivity contribution in [1.82, 2.24) is 15.2 Å². The molecule has 0 saturated heterocycles. The highest BCUT2D eigenvalue weighted by Crippen LogP contribution is 2.22. The van der Waals surface area contributed by atoms with Crippen molar-refractivity contribution < 1.29 is 4.79 Å². The Bertz CT molecular complexity index is 668. The fourth-order valence-corrected chi connectivity index (χ4v) is 2.75. The third-order valence-electron chi connectivity index (χ3n) is 3.63. The van der Waals surface area contributed by atoms with E-state index < -0.39 is 0 Å². The van der Waals surface area contributed by atoms with Crippen LogP contribution in [0.5, 0.6) is 0 Å². The summed E-state index contributed by atoms with van der Waals surface area (Å²) in [4.78, 5) is 12.3. The summed E-state index contributed by atoms with van der Waals surface area (Å²) in [6.07, 6.45) is 0.912. The van der Waals surface area contributed by atoms with Gasteiger partial charge in [0, 0.05) is 28.6 Å². The van der Waals surface area contributed by atoms with E-state index >= 15 is 0 Å². The number of hydrogen-bond donors (Lipinski definition) is 2. The summed E-state index contributed by atoms with van der Waals surface area (Å²) in [5.41, 5.74) is 3.62. The van der Waals surface area contributed by atoms with E-state index in [1.54, 1.807) is 0 Å². The van der Waals surface area contributed by atoms with E-state index in [-0.39, 0.29) is 18.3 Å². The highest BCUT2D eigenvalue weighted by atomic mass is 35.5. The van der Waals surface area contributed by atoms with E-state index in [1.807, 2.05) is 55.8 Å². The Morgan fingerprint density at radius 1 is 1.22 bits per heavy atom. The smallest absolute Gasteiger partial charge is 0.253 e. The SMILES string of the molecule is CNCCCNC(=O)c1cc(C)n(-c2cccc(Cl)c2)c1C.Cl. The first-order valence-electron chi connectivity index (χ1n) is 7.42. The molecule has 0 fully saturated rings. The predicted molar refractivity (Wildman–Crippen MR) is 98.4 cm³/mol. The van der Waals surface area contributed by atoms with Crippen molar-refractivity contribution in [3.63, 3.8) is 0 Å². The molecular formula is C17H23Cl2N3O. The molecule has 0 saturated carbocycles. The molecule has 0 aliphatic heterocycles. The zero-order valence-electron chi connectivity index (χ0n) is 13.6. The third kappa shape index (κ3) is 4.74. The Morgan fingerprint density at radius 2 is 1.96 bits per heavy atom. The lowest BCUT2D eigenvalue weighted by atomic mass is 10.2. The summed E-state index contributed by atoms with van der Waals surface area (Å²) in [5, 5.41) is 6.71.